The predicted octanol–water partition coefficient (Wildman–Crippen LogP) is 2.26. The van der Waals surface area contributed by atoms with Crippen molar-refractivity contribution in [2.45, 2.75) is 0 Å². The summed E-state index contributed by atoms with van der Waals surface area (Å²) in [6.07, 6.45) is 0. The second-order valence-corrected chi connectivity index (χ2v) is 3.30. The molecule has 0 amide bonds. The van der Waals surface area contributed by atoms with Gasteiger partial charge in [-0.1, -0.05) is 18.2 Å². The van der Waals surface area contributed by atoms with Gasteiger partial charge in [-0.2, -0.15) is 10.5 Å². The van der Waals surface area contributed by atoms with Crippen molar-refractivity contribution in [3.8, 4) is 12.1 Å². The van der Waals surface area contributed by atoms with Gasteiger partial charge in [0.15, 0.2) is 0 Å². The molecule has 0 radical (unpaired) electrons. The molecule has 0 unspecified atom stereocenters. The van der Waals surface area contributed by atoms with Gasteiger partial charge in [0.25, 0.3) is 0 Å². The van der Waals surface area contributed by atoms with Crippen LogP contribution in [0.4, 0.5) is 0 Å². The predicted molar refractivity (Wildman–Crippen MR) is 63.2 cm³/mol. The third-order valence-electron chi connectivity index (χ3n) is 2.32. The van der Waals surface area contributed by atoms with Gasteiger partial charge in [-0.3, -0.25) is 5.41 Å². The van der Waals surface area contributed by atoms with Gasteiger partial charge >= 0.3 is 0 Å². The number of rotatable bonds is 1. The van der Waals surface area contributed by atoms with Gasteiger partial charge < -0.3 is 0 Å². The number of aromatic nitrogens is 1. The molecular formula is C13H6N4. The normalized spacial score (nSPS) is 9.06. The van der Waals surface area contributed by atoms with Crippen LogP contribution in [-0.4, -0.2) is 10.9 Å². The SMILES string of the molecule is N#CC(=C=N)c1nc2ccccc2cc1C#N. The Balaban J connectivity index is 2.85. The van der Waals surface area contributed by atoms with E-state index in [0.29, 0.717) is 5.52 Å². The first-order valence-corrected chi connectivity index (χ1v) is 4.80. The van der Waals surface area contributed by atoms with Gasteiger partial charge in [0.1, 0.15) is 23.4 Å². The van der Waals surface area contributed by atoms with Crippen LogP contribution in [0.5, 0.6) is 0 Å². The van der Waals surface area contributed by atoms with Crippen LogP contribution in [0.25, 0.3) is 16.5 Å². The van der Waals surface area contributed by atoms with Crippen LogP contribution >= 0.6 is 0 Å². The number of nitrogens with zero attached hydrogens (tertiary/aromatic N) is 3. The molecule has 2 rings (SSSR count). The zero-order valence-electron chi connectivity index (χ0n) is 8.73. The van der Waals surface area contributed by atoms with Crippen molar-refractivity contribution in [3.63, 3.8) is 0 Å². The highest BCUT2D eigenvalue weighted by Crippen LogP contribution is 2.20. The molecule has 0 atom stereocenters. The molecule has 4 heteroatoms. The van der Waals surface area contributed by atoms with Crippen molar-refractivity contribution >= 4 is 22.3 Å². The monoisotopic (exact) mass is 218 g/mol. The number of hydrogen-bond acceptors (Lipinski definition) is 4. The minimum absolute atomic E-state index is 0.0349. The van der Waals surface area contributed by atoms with Crippen molar-refractivity contribution in [2.24, 2.45) is 0 Å². The van der Waals surface area contributed by atoms with Gasteiger partial charge in [0.05, 0.1) is 11.1 Å². The number of para-hydroxylation sites is 1. The van der Waals surface area contributed by atoms with Gasteiger partial charge in [-0.25, -0.2) is 4.98 Å². The summed E-state index contributed by atoms with van der Waals surface area (Å²) in [6, 6.07) is 12.8. The average Bonchev–Trinajstić information content (AvgIpc) is 2.39. The molecule has 0 fully saturated rings. The Hall–Kier alpha value is -2.94. The fraction of sp³-hybridized carbons (Fsp3) is 0. The molecule has 1 heterocycles. The third kappa shape index (κ3) is 1.77. The number of nitrogens with one attached hydrogen (secondary N) is 1. The lowest BCUT2D eigenvalue weighted by Gasteiger charge is -2.02. The molecule has 1 aromatic heterocycles. The zero-order valence-corrected chi connectivity index (χ0v) is 8.73. The van der Waals surface area contributed by atoms with Gasteiger partial charge in [-0.15, -0.1) is 0 Å². The zero-order chi connectivity index (χ0) is 12.3. The molecule has 1 aromatic carbocycles. The number of nitriles is 2. The van der Waals surface area contributed by atoms with E-state index in [-0.39, 0.29) is 16.8 Å². The van der Waals surface area contributed by atoms with E-state index in [9.17, 15) is 0 Å². The van der Waals surface area contributed by atoms with Crippen LogP contribution in [0.2, 0.25) is 0 Å². The lowest BCUT2D eigenvalue weighted by Crippen LogP contribution is -1.94. The molecule has 0 aliphatic rings. The highest BCUT2D eigenvalue weighted by Gasteiger charge is 2.10. The molecule has 1 N–H and O–H groups in total. The number of benzene rings is 1. The Bertz CT molecular complexity index is 725. The van der Waals surface area contributed by atoms with Crippen molar-refractivity contribution < 1.29 is 0 Å². The van der Waals surface area contributed by atoms with Gasteiger partial charge in [0, 0.05) is 5.39 Å². The molecule has 0 saturated carbocycles. The molecule has 0 bridgehead atoms. The molecule has 0 saturated heterocycles. The van der Waals surface area contributed by atoms with Crippen LogP contribution in [0.15, 0.2) is 30.3 Å². The van der Waals surface area contributed by atoms with E-state index in [1.807, 2.05) is 36.2 Å². The summed E-state index contributed by atoms with van der Waals surface area (Å²) in [5.74, 6) is 2.00. The van der Waals surface area contributed by atoms with Crippen LogP contribution in [0.3, 0.4) is 0 Å². The van der Waals surface area contributed by atoms with Crippen LogP contribution in [0.1, 0.15) is 11.3 Å². The minimum Gasteiger partial charge on any atom is -0.257 e. The van der Waals surface area contributed by atoms with Crippen molar-refractivity contribution in [1.29, 1.82) is 15.9 Å². The Labute approximate surface area is 97.6 Å². The molecular weight excluding hydrogens is 212 g/mol. The maximum Gasteiger partial charge on any atom is 0.140 e. The Morgan fingerprint density at radius 3 is 2.65 bits per heavy atom. The molecule has 2 aromatic rings. The largest absolute Gasteiger partial charge is 0.257 e. The van der Waals surface area contributed by atoms with E-state index in [2.05, 4.69) is 4.98 Å². The van der Waals surface area contributed by atoms with Gasteiger partial charge in [-0.05, 0) is 18.0 Å². The number of hydrogen-bond donors (Lipinski definition) is 1. The topological polar surface area (TPSA) is 84.3 Å². The van der Waals surface area contributed by atoms with Crippen LogP contribution in [0, 0.1) is 28.1 Å². The van der Waals surface area contributed by atoms with Crippen LogP contribution < -0.4 is 0 Å². The third-order valence-corrected chi connectivity index (χ3v) is 2.32. The van der Waals surface area contributed by atoms with E-state index < -0.39 is 0 Å². The summed E-state index contributed by atoms with van der Waals surface area (Å²) < 4.78 is 0. The summed E-state index contributed by atoms with van der Waals surface area (Å²) in [4.78, 5) is 4.22. The van der Waals surface area contributed by atoms with E-state index in [0.717, 1.165) is 5.39 Å². The quantitative estimate of drug-likeness (QED) is 0.588. The number of fused-ring (bicyclic) bond motifs is 1. The van der Waals surface area contributed by atoms with E-state index >= 15 is 0 Å². The van der Waals surface area contributed by atoms with E-state index in [1.165, 1.54) is 0 Å². The van der Waals surface area contributed by atoms with Crippen molar-refractivity contribution in [3.05, 3.63) is 41.6 Å². The smallest absolute Gasteiger partial charge is 0.140 e. The fourth-order valence-electron chi connectivity index (χ4n) is 1.53. The Morgan fingerprint density at radius 1 is 1.24 bits per heavy atom. The lowest BCUT2D eigenvalue weighted by atomic mass is 10.1. The second kappa shape index (κ2) is 4.28. The van der Waals surface area contributed by atoms with Crippen LogP contribution in [-0.2, 0) is 0 Å². The number of pyridine rings is 1. The van der Waals surface area contributed by atoms with E-state index in [4.69, 9.17) is 15.9 Å². The summed E-state index contributed by atoms with van der Waals surface area (Å²) >= 11 is 0. The first-order chi connectivity index (χ1) is 8.30. The molecule has 4 nitrogen and oxygen atoms in total. The van der Waals surface area contributed by atoms with Gasteiger partial charge in [0.2, 0.25) is 0 Å². The highest BCUT2D eigenvalue weighted by atomic mass is 14.7. The molecule has 0 spiro atoms. The maximum atomic E-state index is 9.02. The maximum absolute atomic E-state index is 9.02. The highest BCUT2D eigenvalue weighted by molar-refractivity contribution is 5.98. The first kappa shape index (κ1) is 10.6. The average molecular weight is 218 g/mol. The van der Waals surface area contributed by atoms with Crippen molar-refractivity contribution in [1.82, 2.24) is 4.98 Å². The molecule has 78 valence electrons. The summed E-state index contributed by atoms with van der Waals surface area (Å²) in [6.45, 7) is 0. The summed E-state index contributed by atoms with van der Waals surface area (Å²) in [7, 11) is 0. The molecule has 0 aliphatic carbocycles. The number of allylic oxidation sites excluding steroid dienone is 1. The Kier molecular flexibility index (Phi) is 2.66. The molecule has 17 heavy (non-hydrogen) atoms. The summed E-state index contributed by atoms with van der Waals surface area (Å²) in [5, 5.41) is 25.7. The van der Waals surface area contributed by atoms with E-state index in [1.54, 1.807) is 12.1 Å². The fourth-order valence-corrected chi connectivity index (χ4v) is 1.53. The second-order valence-electron chi connectivity index (χ2n) is 3.30. The van der Waals surface area contributed by atoms with Crippen molar-refractivity contribution in [2.75, 3.05) is 0 Å². The minimum atomic E-state index is -0.0349. The first-order valence-electron chi connectivity index (χ1n) is 4.80. The standard InChI is InChI=1S/C13H6N4/c14-6-10-5-9-3-1-2-4-12(9)17-13(10)11(7-15)8-16/h1-5,15H. The summed E-state index contributed by atoms with van der Waals surface area (Å²) in [5.41, 5.74) is 1.14. The lowest BCUT2D eigenvalue weighted by molar-refractivity contribution is 1.32. The molecule has 0 aliphatic heterocycles. The Morgan fingerprint density at radius 2 is 2.00 bits per heavy atom.